The van der Waals surface area contributed by atoms with Gasteiger partial charge in [0.1, 0.15) is 23.6 Å². The predicted molar refractivity (Wildman–Crippen MR) is 51.2 cm³/mol. The lowest BCUT2D eigenvalue weighted by Crippen LogP contribution is -2.22. The Balaban J connectivity index is 1.96. The van der Waals surface area contributed by atoms with Crippen LogP contribution in [0.2, 0.25) is 0 Å². The van der Waals surface area contributed by atoms with E-state index in [1.807, 2.05) is 0 Å². The van der Waals surface area contributed by atoms with E-state index in [1.165, 1.54) is 18.2 Å². The smallest absolute Gasteiger partial charge is 0.313 e. The van der Waals surface area contributed by atoms with Crippen LogP contribution in [0.15, 0.2) is 24.3 Å². The van der Waals surface area contributed by atoms with Crippen LogP contribution in [0.3, 0.4) is 0 Å². The van der Waals surface area contributed by atoms with Gasteiger partial charge in [0.2, 0.25) is 0 Å². The van der Waals surface area contributed by atoms with Crippen LogP contribution in [0.4, 0.5) is 4.39 Å². The van der Waals surface area contributed by atoms with E-state index in [0.717, 1.165) is 0 Å². The fourth-order valence-electron chi connectivity index (χ4n) is 1.35. The summed E-state index contributed by atoms with van der Waals surface area (Å²) in [5.74, 6) is -0.839. The van der Waals surface area contributed by atoms with Gasteiger partial charge in [-0.15, -0.1) is 0 Å². The summed E-state index contributed by atoms with van der Waals surface area (Å²) in [6, 6.07) is 5.71. The molecule has 1 fully saturated rings. The van der Waals surface area contributed by atoms with Crippen molar-refractivity contribution in [2.75, 3.05) is 6.61 Å². The number of carboxylic acid groups (broad SMARTS) is 1. The second-order valence-corrected chi connectivity index (χ2v) is 3.83. The first-order valence-electron chi connectivity index (χ1n) is 4.74. The minimum Gasteiger partial charge on any atom is -0.492 e. The standard InChI is InChI=1S/C11H11FO3/c12-8-2-1-3-9(6-8)15-7-11(4-5-11)10(13)14/h1-3,6H,4-5,7H2,(H,13,14). The molecular formula is C11H11FO3. The lowest BCUT2D eigenvalue weighted by atomic mass is 10.1. The fourth-order valence-corrected chi connectivity index (χ4v) is 1.35. The van der Waals surface area contributed by atoms with Crippen LogP contribution in [0.25, 0.3) is 0 Å². The molecule has 15 heavy (non-hydrogen) atoms. The second-order valence-electron chi connectivity index (χ2n) is 3.83. The zero-order valence-electron chi connectivity index (χ0n) is 8.07. The molecule has 3 nitrogen and oxygen atoms in total. The minimum atomic E-state index is -0.834. The van der Waals surface area contributed by atoms with Crippen molar-refractivity contribution in [3.05, 3.63) is 30.1 Å². The van der Waals surface area contributed by atoms with E-state index < -0.39 is 11.4 Å². The van der Waals surface area contributed by atoms with E-state index in [0.29, 0.717) is 18.6 Å². The van der Waals surface area contributed by atoms with Crippen molar-refractivity contribution in [3.8, 4) is 5.75 Å². The number of hydrogen-bond donors (Lipinski definition) is 1. The van der Waals surface area contributed by atoms with Crippen molar-refractivity contribution in [2.24, 2.45) is 5.41 Å². The molecule has 0 atom stereocenters. The lowest BCUT2D eigenvalue weighted by Gasteiger charge is -2.11. The summed E-state index contributed by atoms with van der Waals surface area (Å²) >= 11 is 0. The van der Waals surface area contributed by atoms with Gasteiger partial charge in [0.25, 0.3) is 0 Å². The highest BCUT2D eigenvalue weighted by Crippen LogP contribution is 2.46. The summed E-state index contributed by atoms with van der Waals surface area (Å²) in [6.45, 7) is 0.117. The van der Waals surface area contributed by atoms with Crippen molar-refractivity contribution in [1.29, 1.82) is 0 Å². The monoisotopic (exact) mass is 210 g/mol. The number of carbonyl (C=O) groups is 1. The Labute approximate surface area is 86.5 Å². The van der Waals surface area contributed by atoms with Gasteiger partial charge < -0.3 is 9.84 Å². The fraction of sp³-hybridized carbons (Fsp3) is 0.364. The Morgan fingerprint density at radius 3 is 2.80 bits per heavy atom. The lowest BCUT2D eigenvalue weighted by molar-refractivity contribution is -0.144. The van der Waals surface area contributed by atoms with Gasteiger partial charge in [0.05, 0.1) is 0 Å². The number of halogens is 1. The highest BCUT2D eigenvalue weighted by Gasteiger charge is 2.51. The van der Waals surface area contributed by atoms with Crippen LogP contribution in [-0.4, -0.2) is 17.7 Å². The van der Waals surface area contributed by atoms with Gasteiger partial charge in [-0.25, -0.2) is 4.39 Å². The normalized spacial score (nSPS) is 17.1. The number of ether oxygens (including phenoxy) is 1. The average Bonchev–Trinajstić information content (AvgIpc) is 2.96. The highest BCUT2D eigenvalue weighted by atomic mass is 19.1. The van der Waals surface area contributed by atoms with Crippen LogP contribution < -0.4 is 4.74 Å². The molecule has 0 heterocycles. The van der Waals surface area contributed by atoms with Gasteiger partial charge in [-0.05, 0) is 25.0 Å². The molecule has 1 N–H and O–H groups in total. The van der Waals surface area contributed by atoms with Crippen LogP contribution in [0, 0.1) is 11.2 Å². The van der Waals surface area contributed by atoms with Crippen molar-refractivity contribution in [3.63, 3.8) is 0 Å². The molecule has 1 saturated carbocycles. The molecule has 1 aromatic carbocycles. The summed E-state index contributed by atoms with van der Waals surface area (Å²) in [6.07, 6.45) is 1.27. The van der Waals surface area contributed by atoms with Gasteiger partial charge in [-0.3, -0.25) is 4.79 Å². The summed E-state index contributed by atoms with van der Waals surface area (Å²) in [4.78, 5) is 10.8. The maximum Gasteiger partial charge on any atom is 0.313 e. The van der Waals surface area contributed by atoms with E-state index in [9.17, 15) is 9.18 Å². The van der Waals surface area contributed by atoms with Crippen LogP contribution in [0.5, 0.6) is 5.75 Å². The molecule has 2 rings (SSSR count). The molecule has 0 spiro atoms. The molecule has 80 valence electrons. The molecule has 1 aromatic rings. The zero-order chi connectivity index (χ0) is 10.9. The number of hydrogen-bond acceptors (Lipinski definition) is 2. The van der Waals surface area contributed by atoms with Crippen molar-refractivity contribution >= 4 is 5.97 Å². The van der Waals surface area contributed by atoms with E-state index >= 15 is 0 Å². The van der Waals surface area contributed by atoms with Gasteiger partial charge in [0.15, 0.2) is 0 Å². The zero-order valence-corrected chi connectivity index (χ0v) is 8.07. The molecule has 0 bridgehead atoms. The quantitative estimate of drug-likeness (QED) is 0.827. The molecular weight excluding hydrogens is 199 g/mol. The van der Waals surface area contributed by atoms with Gasteiger partial charge >= 0.3 is 5.97 Å². The van der Waals surface area contributed by atoms with Crippen molar-refractivity contribution in [2.45, 2.75) is 12.8 Å². The Bertz CT molecular complexity index is 385. The number of carboxylic acids is 1. The van der Waals surface area contributed by atoms with E-state index in [1.54, 1.807) is 6.07 Å². The first-order valence-corrected chi connectivity index (χ1v) is 4.74. The predicted octanol–water partition coefficient (Wildman–Crippen LogP) is 2.07. The van der Waals surface area contributed by atoms with Crippen molar-refractivity contribution < 1.29 is 19.0 Å². The maximum atomic E-state index is 12.8. The Morgan fingerprint density at radius 1 is 1.53 bits per heavy atom. The summed E-state index contributed by atoms with van der Waals surface area (Å²) in [5.41, 5.74) is -0.730. The second kappa shape index (κ2) is 3.53. The van der Waals surface area contributed by atoms with Crippen molar-refractivity contribution in [1.82, 2.24) is 0 Å². The number of aliphatic carboxylic acids is 1. The van der Waals surface area contributed by atoms with E-state index in [-0.39, 0.29) is 12.4 Å². The molecule has 0 aliphatic heterocycles. The average molecular weight is 210 g/mol. The Morgan fingerprint density at radius 2 is 2.27 bits per heavy atom. The Kier molecular flexibility index (Phi) is 2.34. The molecule has 1 aliphatic rings. The molecule has 1 aliphatic carbocycles. The van der Waals surface area contributed by atoms with Gasteiger partial charge in [-0.1, -0.05) is 6.07 Å². The molecule has 0 saturated heterocycles. The topological polar surface area (TPSA) is 46.5 Å². The summed E-state index contributed by atoms with van der Waals surface area (Å²) in [7, 11) is 0. The van der Waals surface area contributed by atoms with Gasteiger partial charge in [0, 0.05) is 6.07 Å². The third-order valence-electron chi connectivity index (χ3n) is 2.62. The minimum absolute atomic E-state index is 0.117. The Hall–Kier alpha value is -1.58. The van der Waals surface area contributed by atoms with Crippen LogP contribution in [-0.2, 0) is 4.79 Å². The molecule has 4 heteroatoms. The molecule has 0 aromatic heterocycles. The maximum absolute atomic E-state index is 12.8. The van der Waals surface area contributed by atoms with Crippen LogP contribution in [0.1, 0.15) is 12.8 Å². The summed E-state index contributed by atoms with van der Waals surface area (Å²) in [5, 5.41) is 8.88. The van der Waals surface area contributed by atoms with Crippen LogP contribution >= 0.6 is 0 Å². The number of rotatable bonds is 4. The SMILES string of the molecule is O=C(O)C1(COc2cccc(F)c2)CC1. The van der Waals surface area contributed by atoms with Gasteiger partial charge in [-0.2, -0.15) is 0 Å². The first-order chi connectivity index (χ1) is 7.12. The highest BCUT2D eigenvalue weighted by molar-refractivity contribution is 5.77. The van der Waals surface area contributed by atoms with E-state index in [4.69, 9.17) is 9.84 Å². The molecule has 0 amide bonds. The third kappa shape index (κ3) is 2.09. The number of benzene rings is 1. The first kappa shape index (κ1) is 9.96. The largest absolute Gasteiger partial charge is 0.492 e. The van der Waals surface area contributed by atoms with E-state index in [2.05, 4.69) is 0 Å². The third-order valence-corrected chi connectivity index (χ3v) is 2.62. The molecule has 0 radical (unpaired) electrons. The summed E-state index contributed by atoms with van der Waals surface area (Å²) < 4.78 is 18.0. The molecule has 0 unspecified atom stereocenters.